The SMILES string of the molecule is O=CC(c1cccc(C(F)(F)F)c1)C1CCCS(=O)(=O)C1. The van der Waals surface area contributed by atoms with Gasteiger partial charge in [-0.05, 0) is 30.4 Å². The molecule has 0 spiro atoms. The Kier molecular flexibility index (Phi) is 4.41. The van der Waals surface area contributed by atoms with Crippen molar-refractivity contribution in [2.45, 2.75) is 24.9 Å². The van der Waals surface area contributed by atoms with Gasteiger partial charge in [-0.25, -0.2) is 8.42 Å². The maximum Gasteiger partial charge on any atom is 0.416 e. The lowest BCUT2D eigenvalue weighted by Crippen LogP contribution is -2.30. The molecule has 0 amide bonds. The minimum absolute atomic E-state index is 0.0810. The average Bonchev–Trinajstić information content (AvgIpc) is 2.38. The number of carbonyl (C=O) groups excluding carboxylic acids is 1. The molecule has 0 aromatic heterocycles. The predicted molar refractivity (Wildman–Crippen MR) is 71.6 cm³/mol. The number of aldehydes is 1. The highest BCUT2D eigenvalue weighted by Gasteiger charge is 2.34. The highest BCUT2D eigenvalue weighted by molar-refractivity contribution is 7.91. The van der Waals surface area contributed by atoms with E-state index in [0.717, 1.165) is 12.1 Å². The van der Waals surface area contributed by atoms with E-state index in [1.54, 1.807) is 0 Å². The molecule has 3 nitrogen and oxygen atoms in total. The third-order valence-electron chi connectivity index (χ3n) is 3.75. The molecule has 2 unspecified atom stereocenters. The molecule has 1 aromatic rings. The van der Waals surface area contributed by atoms with Crippen LogP contribution in [0.3, 0.4) is 0 Å². The van der Waals surface area contributed by atoms with E-state index >= 15 is 0 Å². The van der Waals surface area contributed by atoms with Crippen molar-refractivity contribution in [2.75, 3.05) is 11.5 Å². The molecule has 116 valence electrons. The molecule has 7 heteroatoms. The molecule has 0 radical (unpaired) electrons. The Labute approximate surface area is 121 Å². The monoisotopic (exact) mass is 320 g/mol. The molecule has 0 N–H and O–H groups in total. The van der Waals surface area contributed by atoms with Crippen molar-refractivity contribution < 1.29 is 26.4 Å². The number of sulfone groups is 1. The van der Waals surface area contributed by atoms with E-state index in [1.165, 1.54) is 12.1 Å². The zero-order chi connectivity index (χ0) is 15.7. The van der Waals surface area contributed by atoms with Crippen LogP contribution in [0.1, 0.15) is 29.9 Å². The smallest absolute Gasteiger partial charge is 0.303 e. The third kappa shape index (κ3) is 3.84. The van der Waals surface area contributed by atoms with Crippen molar-refractivity contribution in [1.29, 1.82) is 0 Å². The van der Waals surface area contributed by atoms with Gasteiger partial charge in [-0.1, -0.05) is 18.2 Å². The second-order valence-corrected chi connectivity index (χ2v) is 7.53. The quantitative estimate of drug-likeness (QED) is 0.805. The fourth-order valence-corrected chi connectivity index (χ4v) is 4.53. The predicted octanol–water partition coefficient (Wildman–Crippen LogP) is 2.81. The molecule has 2 atom stereocenters. The van der Waals surface area contributed by atoms with Gasteiger partial charge in [-0.2, -0.15) is 13.2 Å². The highest BCUT2D eigenvalue weighted by atomic mass is 32.2. The first-order chi connectivity index (χ1) is 9.73. The lowest BCUT2D eigenvalue weighted by molar-refractivity contribution is -0.137. The number of halogens is 3. The maximum atomic E-state index is 12.7. The molecule has 1 heterocycles. The fraction of sp³-hybridized carbons (Fsp3) is 0.500. The molecule has 21 heavy (non-hydrogen) atoms. The molecular formula is C14H15F3O3S. The summed E-state index contributed by atoms with van der Waals surface area (Å²) in [6, 6.07) is 4.55. The molecular weight excluding hydrogens is 305 g/mol. The first kappa shape index (κ1) is 16.0. The molecule has 0 aliphatic carbocycles. The van der Waals surface area contributed by atoms with E-state index in [4.69, 9.17) is 0 Å². The van der Waals surface area contributed by atoms with E-state index in [-0.39, 0.29) is 17.1 Å². The van der Waals surface area contributed by atoms with Gasteiger partial charge in [-0.3, -0.25) is 0 Å². The number of hydrogen-bond acceptors (Lipinski definition) is 3. The maximum absolute atomic E-state index is 12.7. The first-order valence-corrected chi connectivity index (χ1v) is 8.38. The topological polar surface area (TPSA) is 51.2 Å². The largest absolute Gasteiger partial charge is 0.416 e. The summed E-state index contributed by atoms with van der Waals surface area (Å²) in [7, 11) is -3.21. The summed E-state index contributed by atoms with van der Waals surface area (Å²) in [5, 5.41) is 0. The third-order valence-corrected chi connectivity index (χ3v) is 5.60. The summed E-state index contributed by atoms with van der Waals surface area (Å²) < 4.78 is 61.4. The minimum Gasteiger partial charge on any atom is -0.303 e. The number of benzene rings is 1. The summed E-state index contributed by atoms with van der Waals surface area (Å²) in [5.74, 6) is -1.34. The Bertz CT molecular complexity index is 623. The second-order valence-electron chi connectivity index (χ2n) is 5.30. The second kappa shape index (κ2) is 5.79. The van der Waals surface area contributed by atoms with Crippen LogP contribution >= 0.6 is 0 Å². The Balaban J connectivity index is 2.31. The summed E-state index contributed by atoms with van der Waals surface area (Å²) in [4.78, 5) is 11.3. The summed E-state index contributed by atoms with van der Waals surface area (Å²) >= 11 is 0. The molecule has 0 bridgehead atoms. The van der Waals surface area contributed by atoms with Crippen LogP contribution in [0.5, 0.6) is 0 Å². The van der Waals surface area contributed by atoms with Gasteiger partial charge in [0.2, 0.25) is 0 Å². The summed E-state index contributed by atoms with van der Waals surface area (Å²) in [6.07, 6.45) is -2.96. The van der Waals surface area contributed by atoms with E-state index in [1.807, 2.05) is 0 Å². The van der Waals surface area contributed by atoms with Crippen LogP contribution in [0.4, 0.5) is 13.2 Å². The van der Waals surface area contributed by atoms with Crippen LogP contribution in [0.2, 0.25) is 0 Å². The molecule has 1 aliphatic rings. The Morgan fingerprint density at radius 1 is 1.29 bits per heavy atom. The van der Waals surface area contributed by atoms with Crippen molar-refractivity contribution in [3.63, 3.8) is 0 Å². The molecule has 0 saturated carbocycles. The highest BCUT2D eigenvalue weighted by Crippen LogP contribution is 2.35. The van der Waals surface area contributed by atoms with Crippen LogP contribution in [-0.4, -0.2) is 26.2 Å². The van der Waals surface area contributed by atoms with Gasteiger partial charge >= 0.3 is 6.18 Å². The zero-order valence-corrected chi connectivity index (χ0v) is 12.0. The van der Waals surface area contributed by atoms with Crippen LogP contribution in [0.25, 0.3) is 0 Å². The van der Waals surface area contributed by atoms with Gasteiger partial charge in [0.15, 0.2) is 9.84 Å². The van der Waals surface area contributed by atoms with Gasteiger partial charge in [-0.15, -0.1) is 0 Å². The van der Waals surface area contributed by atoms with E-state index < -0.39 is 33.4 Å². The van der Waals surface area contributed by atoms with Crippen molar-refractivity contribution in [3.05, 3.63) is 35.4 Å². The fourth-order valence-electron chi connectivity index (χ4n) is 2.73. The van der Waals surface area contributed by atoms with Crippen LogP contribution in [0, 0.1) is 5.92 Å². The lowest BCUT2D eigenvalue weighted by Gasteiger charge is -2.27. The zero-order valence-electron chi connectivity index (χ0n) is 11.1. The van der Waals surface area contributed by atoms with E-state index in [9.17, 15) is 26.4 Å². The van der Waals surface area contributed by atoms with Crippen LogP contribution < -0.4 is 0 Å². The molecule has 1 aliphatic heterocycles. The van der Waals surface area contributed by atoms with Gasteiger partial charge in [0.05, 0.1) is 17.1 Å². The molecule has 1 aromatic carbocycles. The molecule has 1 saturated heterocycles. The van der Waals surface area contributed by atoms with Crippen molar-refractivity contribution >= 4 is 16.1 Å². The van der Waals surface area contributed by atoms with Crippen molar-refractivity contribution in [1.82, 2.24) is 0 Å². The number of rotatable bonds is 3. The van der Waals surface area contributed by atoms with E-state index in [0.29, 0.717) is 19.1 Å². The number of alkyl halides is 3. The Morgan fingerprint density at radius 3 is 2.57 bits per heavy atom. The number of carbonyl (C=O) groups is 1. The molecule has 1 fully saturated rings. The molecule has 2 rings (SSSR count). The van der Waals surface area contributed by atoms with Gasteiger partial charge in [0.1, 0.15) is 6.29 Å². The van der Waals surface area contributed by atoms with Gasteiger partial charge < -0.3 is 4.79 Å². The lowest BCUT2D eigenvalue weighted by atomic mass is 9.84. The van der Waals surface area contributed by atoms with Gasteiger partial charge in [0.25, 0.3) is 0 Å². The summed E-state index contributed by atoms with van der Waals surface area (Å²) in [5.41, 5.74) is -0.604. The standard InChI is InChI=1S/C14H15F3O3S/c15-14(16,17)12-5-1-3-10(7-12)13(8-18)11-4-2-6-21(19,20)9-11/h1,3,5,7-8,11,13H,2,4,6,9H2. The summed E-state index contributed by atoms with van der Waals surface area (Å²) in [6.45, 7) is 0. The van der Waals surface area contributed by atoms with Crippen LogP contribution in [0.15, 0.2) is 24.3 Å². The Hall–Kier alpha value is -1.37. The first-order valence-electron chi connectivity index (χ1n) is 6.56. The van der Waals surface area contributed by atoms with Crippen LogP contribution in [-0.2, 0) is 20.8 Å². The Morgan fingerprint density at radius 2 is 2.00 bits per heavy atom. The average molecular weight is 320 g/mol. The van der Waals surface area contributed by atoms with Crippen molar-refractivity contribution in [2.24, 2.45) is 5.92 Å². The van der Waals surface area contributed by atoms with Crippen molar-refractivity contribution in [3.8, 4) is 0 Å². The number of hydrogen-bond donors (Lipinski definition) is 0. The normalized spacial score (nSPS) is 23.5. The minimum atomic E-state index is -4.48. The van der Waals surface area contributed by atoms with Gasteiger partial charge in [0, 0.05) is 5.92 Å². The van der Waals surface area contributed by atoms with E-state index in [2.05, 4.69) is 0 Å².